The lowest BCUT2D eigenvalue weighted by Gasteiger charge is -2.05. The first kappa shape index (κ1) is 19.2. The normalized spacial score (nSPS) is 10.6. The van der Waals surface area contributed by atoms with Crippen LogP contribution in [0.15, 0.2) is 47.6 Å². The number of amides is 1. The van der Waals surface area contributed by atoms with Gasteiger partial charge in [0.1, 0.15) is 11.6 Å². The fourth-order valence-electron chi connectivity index (χ4n) is 2.28. The molecular weight excluding hydrogens is 391 g/mol. The number of ether oxygens (including phenoxy) is 1. The Labute approximate surface area is 164 Å². The molecular formula is C18H16ClFN4O2S. The molecule has 2 aromatic carbocycles. The highest BCUT2D eigenvalue weighted by Gasteiger charge is 2.13. The van der Waals surface area contributed by atoms with E-state index in [1.807, 2.05) is 0 Å². The number of halogens is 2. The van der Waals surface area contributed by atoms with E-state index in [-0.39, 0.29) is 17.5 Å². The summed E-state index contributed by atoms with van der Waals surface area (Å²) in [6.45, 7) is 0.332. The van der Waals surface area contributed by atoms with Gasteiger partial charge in [-0.05, 0) is 35.9 Å². The first-order valence-electron chi connectivity index (χ1n) is 7.95. The summed E-state index contributed by atoms with van der Waals surface area (Å²) in [5.74, 6) is 0.798. The first-order valence-corrected chi connectivity index (χ1v) is 9.32. The SMILES string of the molecule is COc1ccc(Cl)cc1-c1nc(SCC(=O)NCc2ccc(F)cc2)n[nH]1. The van der Waals surface area contributed by atoms with Crippen LogP contribution in [0, 0.1) is 5.82 Å². The van der Waals surface area contributed by atoms with Crippen LogP contribution in [-0.4, -0.2) is 34.0 Å². The second-order valence-corrected chi connectivity index (χ2v) is 6.88. The van der Waals surface area contributed by atoms with Crippen LogP contribution in [0.25, 0.3) is 11.4 Å². The van der Waals surface area contributed by atoms with Gasteiger partial charge in [-0.25, -0.2) is 9.37 Å². The second kappa shape index (κ2) is 8.88. The number of nitrogens with one attached hydrogen (secondary N) is 2. The molecule has 9 heteroatoms. The van der Waals surface area contributed by atoms with Crippen LogP contribution in [0.1, 0.15) is 5.56 Å². The van der Waals surface area contributed by atoms with Gasteiger partial charge >= 0.3 is 0 Å². The Morgan fingerprint density at radius 2 is 2.07 bits per heavy atom. The van der Waals surface area contributed by atoms with Gasteiger partial charge in [0.05, 0.1) is 18.4 Å². The predicted octanol–water partition coefficient (Wildman–Crippen LogP) is 3.68. The summed E-state index contributed by atoms with van der Waals surface area (Å²) in [6, 6.07) is 11.2. The molecule has 0 saturated heterocycles. The average Bonchev–Trinajstić information content (AvgIpc) is 3.15. The lowest BCUT2D eigenvalue weighted by Crippen LogP contribution is -2.24. The van der Waals surface area contributed by atoms with Crippen LogP contribution < -0.4 is 10.1 Å². The van der Waals surface area contributed by atoms with Crippen LogP contribution >= 0.6 is 23.4 Å². The fraction of sp³-hybridized carbons (Fsp3) is 0.167. The molecule has 0 aliphatic carbocycles. The second-order valence-electron chi connectivity index (χ2n) is 5.50. The maximum absolute atomic E-state index is 12.9. The molecule has 140 valence electrons. The molecule has 1 aromatic heterocycles. The van der Waals surface area contributed by atoms with E-state index in [0.29, 0.717) is 33.9 Å². The van der Waals surface area contributed by atoms with Gasteiger partial charge in [0.15, 0.2) is 5.82 Å². The number of aromatic amines is 1. The molecule has 0 bridgehead atoms. The third-order valence-corrected chi connectivity index (χ3v) is 4.70. The van der Waals surface area contributed by atoms with Crippen LogP contribution in [0.2, 0.25) is 5.02 Å². The Hall–Kier alpha value is -2.58. The van der Waals surface area contributed by atoms with Gasteiger partial charge in [-0.2, -0.15) is 0 Å². The van der Waals surface area contributed by atoms with E-state index in [9.17, 15) is 9.18 Å². The van der Waals surface area contributed by atoms with E-state index >= 15 is 0 Å². The summed E-state index contributed by atoms with van der Waals surface area (Å²) in [4.78, 5) is 16.3. The lowest BCUT2D eigenvalue weighted by molar-refractivity contribution is -0.118. The largest absolute Gasteiger partial charge is 0.496 e. The molecule has 3 rings (SSSR count). The molecule has 1 amide bonds. The summed E-state index contributed by atoms with van der Waals surface area (Å²) in [7, 11) is 1.56. The van der Waals surface area contributed by atoms with Crippen molar-refractivity contribution < 1.29 is 13.9 Å². The minimum absolute atomic E-state index is 0.158. The van der Waals surface area contributed by atoms with Gasteiger partial charge < -0.3 is 10.1 Å². The summed E-state index contributed by atoms with van der Waals surface area (Å²) in [6.07, 6.45) is 0. The van der Waals surface area contributed by atoms with E-state index < -0.39 is 0 Å². The highest BCUT2D eigenvalue weighted by molar-refractivity contribution is 7.99. The van der Waals surface area contributed by atoms with E-state index in [2.05, 4.69) is 20.5 Å². The molecule has 0 spiro atoms. The van der Waals surface area contributed by atoms with Crippen molar-refractivity contribution in [2.45, 2.75) is 11.7 Å². The molecule has 6 nitrogen and oxygen atoms in total. The Balaban J connectivity index is 1.56. The number of nitrogens with zero attached hydrogens (tertiary/aromatic N) is 2. The molecule has 0 saturated carbocycles. The van der Waals surface area contributed by atoms with E-state index in [4.69, 9.17) is 16.3 Å². The monoisotopic (exact) mass is 406 g/mol. The van der Waals surface area contributed by atoms with Crippen molar-refractivity contribution in [2.75, 3.05) is 12.9 Å². The molecule has 2 N–H and O–H groups in total. The smallest absolute Gasteiger partial charge is 0.230 e. The summed E-state index contributed by atoms with van der Waals surface area (Å²) < 4.78 is 18.2. The molecule has 1 heterocycles. The highest BCUT2D eigenvalue weighted by atomic mass is 35.5. The minimum atomic E-state index is -0.308. The number of benzene rings is 2. The van der Waals surface area contributed by atoms with Gasteiger partial charge in [0.2, 0.25) is 11.1 Å². The zero-order valence-corrected chi connectivity index (χ0v) is 15.9. The van der Waals surface area contributed by atoms with Gasteiger partial charge in [-0.15, -0.1) is 5.10 Å². The maximum Gasteiger partial charge on any atom is 0.230 e. The first-order chi connectivity index (χ1) is 13.0. The number of rotatable bonds is 7. The Morgan fingerprint density at radius 1 is 1.30 bits per heavy atom. The summed E-state index contributed by atoms with van der Waals surface area (Å²) in [5, 5.41) is 10.7. The molecule has 0 radical (unpaired) electrons. The molecule has 3 aromatic rings. The fourth-order valence-corrected chi connectivity index (χ4v) is 3.08. The van der Waals surface area contributed by atoms with Crippen LogP contribution in [-0.2, 0) is 11.3 Å². The minimum Gasteiger partial charge on any atom is -0.496 e. The van der Waals surface area contributed by atoms with E-state index in [1.165, 1.54) is 23.9 Å². The molecule has 0 aliphatic heterocycles. The number of hydrogen-bond acceptors (Lipinski definition) is 5. The highest BCUT2D eigenvalue weighted by Crippen LogP contribution is 2.31. The number of carbonyl (C=O) groups excluding carboxylic acids is 1. The molecule has 0 aliphatic rings. The third kappa shape index (κ3) is 5.21. The topological polar surface area (TPSA) is 79.9 Å². The number of H-pyrrole nitrogens is 1. The Bertz CT molecular complexity index is 933. The van der Waals surface area contributed by atoms with Crippen molar-refractivity contribution in [3.63, 3.8) is 0 Å². The Kier molecular flexibility index (Phi) is 6.31. The van der Waals surface area contributed by atoms with Gasteiger partial charge in [0.25, 0.3) is 0 Å². The Morgan fingerprint density at radius 3 is 2.81 bits per heavy atom. The number of methoxy groups -OCH3 is 1. The van der Waals surface area contributed by atoms with Crippen molar-refractivity contribution in [2.24, 2.45) is 0 Å². The van der Waals surface area contributed by atoms with Crippen LogP contribution in [0.4, 0.5) is 4.39 Å². The van der Waals surface area contributed by atoms with Gasteiger partial charge in [-0.3, -0.25) is 9.89 Å². The van der Waals surface area contributed by atoms with Gasteiger partial charge in [0, 0.05) is 11.6 Å². The molecule has 0 fully saturated rings. The number of hydrogen-bond donors (Lipinski definition) is 2. The number of thioether (sulfide) groups is 1. The van der Waals surface area contributed by atoms with Crippen LogP contribution in [0.5, 0.6) is 5.75 Å². The van der Waals surface area contributed by atoms with E-state index in [1.54, 1.807) is 37.4 Å². The standard InChI is InChI=1S/C18H16ClFN4O2S/c1-26-15-7-4-12(19)8-14(15)17-22-18(24-23-17)27-10-16(25)21-9-11-2-5-13(20)6-3-11/h2-8H,9-10H2,1H3,(H,21,25)(H,22,23,24). The zero-order valence-electron chi connectivity index (χ0n) is 14.3. The van der Waals surface area contributed by atoms with E-state index in [0.717, 1.165) is 5.56 Å². The van der Waals surface area contributed by atoms with Crippen molar-refractivity contribution in [1.82, 2.24) is 20.5 Å². The van der Waals surface area contributed by atoms with Crippen LogP contribution in [0.3, 0.4) is 0 Å². The molecule has 0 atom stereocenters. The van der Waals surface area contributed by atoms with Crippen molar-refractivity contribution in [3.05, 3.63) is 58.9 Å². The van der Waals surface area contributed by atoms with Crippen molar-refractivity contribution >= 4 is 29.3 Å². The maximum atomic E-state index is 12.9. The summed E-state index contributed by atoms with van der Waals surface area (Å²) >= 11 is 7.23. The predicted molar refractivity (Wildman–Crippen MR) is 102 cm³/mol. The molecule has 27 heavy (non-hydrogen) atoms. The zero-order chi connectivity index (χ0) is 19.2. The summed E-state index contributed by atoms with van der Waals surface area (Å²) in [5.41, 5.74) is 1.51. The van der Waals surface area contributed by atoms with Gasteiger partial charge in [-0.1, -0.05) is 35.5 Å². The lowest BCUT2D eigenvalue weighted by atomic mass is 10.2. The number of aromatic nitrogens is 3. The van der Waals surface area contributed by atoms with Crippen molar-refractivity contribution in [3.8, 4) is 17.1 Å². The molecule has 0 unspecified atom stereocenters. The third-order valence-electron chi connectivity index (χ3n) is 3.62. The number of carbonyl (C=O) groups is 1. The quantitative estimate of drug-likeness (QED) is 0.585. The average molecular weight is 407 g/mol. The van der Waals surface area contributed by atoms with Crippen molar-refractivity contribution in [1.29, 1.82) is 0 Å².